The van der Waals surface area contributed by atoms with Crippen molar-refractivity contribution >= 4 is 17.8 Å². The van der Waals surface area contributed by atoms with Crippen molar-refractivity contribution in [3.63, 3.8) is 0 Å². The van der Waals surface area contributed by atoms with Gasteiger partial charge >= 0.3 is 5.97 Å². The average molecular weight is 254 g/mol. The predicted molar refractivity (Wildman–Crippen MR) is 62.3 cm³/mol. The quantitative estimate of drug-likeness (QED) is 0.634. The maximum atomic E-state index is 11.7. The van der Waals surface area contributed by atoms with Crippen LogP contribution in [-0.4, -0.2) is 29.4 Å². The molecular weight excluding hydrogens is 236 g/mol. The van der Waals surface area contributed by atoms with E-state index in [1.54, 1.807) is 0 Å². The minimum Gasteiger partial charge on any atom is -0.481 e. The van der Waals surface area contributed by atoms with E-state index < -0.39 is 23.2 Å². The molecule has 2 fully saturated rings. The number of carboxylic acids is 1. The summed E-state index contributed by atoms with van der Waals surface area (Å²) in [4.78, 5) is 33.8. The molecule has 0 aromatic carbocycles. The van der Waals surface area contributed by atoms with E-state index in [-0.39, 0.29) is 18.4 Å². The lowest BCUT2D eigenvalue weighted by molar-refractivity contribution is -0.140. The van der Waals surface area contributed by atoms with Crippen LogP contribution in [0.15, 0.2) is 0 Å². The fraction of sp³-hybridized carbons (Fsp3) is 0.750. The van der Waals surface area contributed by atoms with Gasteiger partial charge in [-0.2, -0.15) is 0 Å². The lowest BCUT2D eigenvalue weighted by Crippen LogP contribution is -2.45. The Balaban J connectivity index is 1.86. The van der Waals surface area contributed by atoms with Gasteiger partial charge in [0.15, 0.2) is 0 Å². The van der Waals surface area contributed by atoms with Gasteiger partial charge in [-0.3, -0.25) is 14.4 Å². The van der Waals surface area contributed by atoms with Crippen LogP contribution in [0.25, 0.3) is 0 Å². The Morgan fingerprint density at radius 3 is 2.28 bits per heavy atom. The van der Waals surface area contributed by atoms with Gasteiger partial charge in [-0.1, -0.05) is 12.8 Å². The number of nitrogens with two attached hydrogens (primary N) is 1. The molecule has 0 bridgehead atoms. The Hall–Kier alpha value is -1.59. The third-order valence-electron chi connectivity index (χ3n) is 4.13. The van der Waals surface area contributed by atoms with E-state index >= 15 is 0 Å². The monoisotopic (exact) mass is 254 g/mol. The number of hydrogen-bond acceptors (Lipinski definition) is 3. The van der Waals surface area contributed by atoms with Gasteiger partial charge in [0.2, 0.25) is 11.8 Å². The first-order valence-electron chi connectivity index (χ1n) is 6.27. The van der Waals surface area contributed by atoms with E-state index in [1.807, 2.05) is 0 Å². The molecule has 2 aliphatic carbocycles. The number of amides is 2. The van der Waals surface area contributed by atoms with Gasteiger partial charge < -0.3 is 16.2 Å². The zero-order valence-electron chi connectivity index (χ0n) is 10.1. The van der Waals surface area contributed by atoms with Crippen LogP contribution in [-0.2, 0) is 14.4 Å². The van der Waals surface area contributed by atoms with Crippen molar-refractivity contribution in [2.45, 2.75) is 32.1 Å². The topological polar surface area (TPSA) is 109 Å². The molecule has 18 heavy (non-hydrogen) atoms. The SMILES string of the molecule is NC(=O)C1(CNC(=O)C2CC2C(=O)O)CCCC1. The van der Waals surface area contributed by atoms with Gasteiger partial charge in [0.1, 0.15) is 0 Å². The van der Waals surface area contributed by atoms with Gasteiger partial charge in [-0.05, 0) is 19.3 Å². The van der Waals surface area contributed by atoms with Crippen LogP contribution in [0.2, 0.25) is 0 Å². The lowest BCUT2D eigenvalue weighted by atomic mass is 9.85. The Morgan fingerprint density at radius 2 is 1.83 bits per heavy atom. The van der Waals surface area contributed by atoms with Gasteiger partial charge in [0.05, 0.1) is 17.3 Å². The van der Waals surface area contributed by atoms with Gasteiger partial charge in [-0.15, -0.1) is 0 Å². The summed E-state index contributed by atoms with van der Waals surface area (Å²) in [5.74, 6) is -2.56. The van der Waals surface area contributed by atoms with Crippen molar-refractivity contribution in [1.82, 2.24) is 5.32 Å². The van der Waals surface area contributed by atoms with E-state index in [1.165, 1.54) is 0 Å². The van der Waals surface area contributed by atoms with E-state index in [9.17, 15) is 14.4 Å². The molecule has 0 aromatic heterocycles. The molecular formula is C12H18N2O4. The number of aliphatic carboxylic acids is 1. The van der Waals surface area contributed by atoms with Crippen LogP contribution in [0.1, 0.15) is 32.1 Å². The van der Waals surface area contributed by atoms with Gasteiger partial charge in [0.25, 0.3) is 0 Å². The smallest absolute Gasteiger partial charge is 0.307 e. The number of rotatable bonds is 5. The first-order chi connectivity index (χ1) is 8.46. The molecule has 0 aliphatic heterocycles. The molecule has 2 unspecified atom stereocenters. The third kappa shape index (κ3) is 2.32. The van der Waals surface area contributed by atoms with Gasteiger partial charge in [-0.25, -0.2) is 0 Å². The Kier molecular flexibility index (Phi) is 3.28. The van der Waals surface area contributed by atoms with Crippen molar-refractivity contribution in [2.24, 2.45) is 23.0 Å². The molecule has 100 valence electrons. The van der Waals surface area contributed by atoms with Crippen molar-refractivity contribution in [3.8, 4) is 0 Å². The highest BCUT2D eigenvalue weighted by molar-refractivity contribution is 5.90. The van der Waals surface area contributed by atoms with Crippen LogP contribution in [0, 0.1) is 17.3 Å². The largest absolute Gasteiger partial charge is 0.481 e. The molecule has 4 N–H and O–H groups in total. The van der Waals surface area contributed by atoms with E-state index in [0.717, 1.165) is 12.8 Å². The Morgan fingerprint density at radius 1 is 1.22 bits per heavy atom. The second kappa shape index (κ2) is 4.59. The zero-order valence-corrected chi connectivity index (χ0v) is 10.1. The molecule has 2 saturated carbocycles. The molecule has 6 heteroatoms. The number of nitrogens with one attached hydrogen (secondary N) is 1. The second-order valence-corrected chi connectivity index (χ2v) is 5.36. The summed E-state index contributed by atoms with van der Waals surface area (Å²) in [6, 6.07) is 0. The lowest BCUT2D eigenvalue weighted by Gasteiger charge is -2.25. The maximum Gasteiger partial charge on any atom is 0.307 e. The van der Waals surface area contributed by atoms with Crippen LogP contribution in [0.4, 0.5) is 0 Å². The minimum atomic E-state index is -0.930. The summed E-state index contributed by atoms with van der Waals surface area (Å²) >= 11 is 0. The third-order valence-corrected chi connectivity index (χ3v) is 4.13. The van der Waals surface area contributed by atoms with Crippen molar-refractivity contribution < 1.29 is 19.5 Å². The molecule has 2 aliphatic rings. The molecule has 2 atom stereocenters. The molecule has 2 rings (SSSR count). The van der Waals surface area contributed by atoms with E-state index in [0.29, 0.717) is 19.3 Å². The number of primary amides is 1. The number of carboxylic acid groups (broad SMARTS) is 1. The molecule has 0 saturated heterocycles. The van der Waals surface area contributed by atoms with Crippen LogP contribution < -0.4 is 11.1 Å². The van der Waals surface area contributed by atoms with Crippen molar-refractivity contribution in [2.75, 3.05) is 6.54 Å². The summed E-state index contributed by atoms with van der Waals surface area (Å²) in [7, 11) is 0. The first kappa shape index (κ1) is 12.9. The zero-order chi connectivity index (χ0) is 13.3. The molecule has 6 nitrogen and oxygen atoms in total. The Bertz CT molecular complexity index is 388. The van der Waals surface area contributed by atoms with Crippen LogP contribution >= 0.6 is 0 Å². The van der Waals surface area contributed by atoms with Crippen molar-refractivity contribution in [1.29, 1.82) is 0 Å². The standard InChI is InChI=1S/C12H18N2O4/c13-11(18)12(3-1-2-4-12)6-14-9(15)7-5-8(7)10(16)17/h7-8H,1-6H2,(H2,13,18)(H,14,15)(H,16,17). The van der Waals surface area contributed by atoms with E-state index in [4.69, 9.17) is 10.8 Å². The number of carbonyl (C=O) groups excluding carboxylic acids is 2. The molecule has 0 heterocycles. The normalized spacial score (nSPS) is 28.7. The molecule has 2 amide bonds. The Labute approximate surface area is 105 Å². The highest BCUT2D eigenvalue weighted by Gasteiger charge is 2.49. The predicted octanol–water partition coefficient (Wildman–Crippen LogP) is -0.131. The van der Waals surface area contributed by atoms with Gasteiger partial charge in [0, 0.05) is 6.54 Å². The summed E-state index contributed by atoms with van der Waals surface area (Å²) in [5, 5.41) is 11.4. The van der Waals surface area contributed by atoms with Crippen LogP contribution in [0.5, 0.6) is 0 Å². The molecule has 0 aromatic rings. The number of hydrogen-bond donors (Lipinski definition) is 3. The summed E-state index contributed by atoms with van der Waals surface area (Å²) < 4.78 is 0. The highest BCUT2D eigenvalue weighted by atomic mass is 16.4. The summed E-state index contributed by atoms with van der Waals surface area (Å²) in [6.07, 6.45) is 3.69. The molecule has 0 spiro atoms. The molecule has 0 radical (unpaired) electrons. The first-order valence-corrected chi connectivity index (χ1v) is 6.27. The number of carbonyl (C=O) groups is 3. The highest BCUT2D eigenvalue weighted by Crippen LogP contribution is 2.40. The summed E-state index contributed by atoms with van der Waals surface area (Å²) in [6.45, 7) is 0.240. The van der Waals surface area contributed by atoms with E-state index in [2.05, 4.69) is 5.32 Å². The fourth-order valence-electron chi connectivity index (χ4n) is 2.71. The fourth-order valence-corrected chi connectivity index (χ4v) is 2.71. The maximum absolute atomic E-state index is 11.7. The second-order valence-electron chi connectivity index (χ2n) is 5.36. The average Bonchev–Trinajstić information content (AvgIpc) is 2.98. The summed E-state index contributed by atoms with van der Waals surface area (Å²) in [5.41, 5.74) is 4.78. The van der Waals surface area contributed by atoms with Crippen LogP contribution in [0.3, 0.4) is 0 Å². The van der Waals surface area contributed by atoms with Crippen molar-refractivity contribution in [3.05, 3.63) is 0 Å². The minimum absolute atomic E-state index is 0.240.